The van der Waals surface area contributed by atoms with Gasteiger partial charge in [0.05, 0.1) is 5.56 Å². The van der Waals surface area contributed by atoms with E-state index in [1.807, 2.05) is 20.0 Å². The third kappa shape index (κ3) is 2.75. The molecule has 1 saturated carbocycles. The van der Waals surface area contributed by atoms with Crippen LogP contribution in [0.15, 0.2) is 18.5 Å². The van der Waals surface area contributed by atoms with Gasteiger partial charge < -0.3 is 4.90 Å². The van der Waals surface area contributed by atoms with E-state index in [0.717, 1.165) is 18.4 Å². The maximum Gasteiger partial charge on any atom is 0.255 e. The van der Waals surface area contributed by atoms with Gasteiger partial charge in [-0.3, -0.25) is 14.6 Å². The molecule has 0 saturated heterocycles. The fourth-order valence-electron chi connectivity index (χ4n) is 2.35. The number of amides is 1. The second-order valence-electron chi connectivity index (χ2n) is 4.94. The molecule has 1 heterocycles. The Morgan fingerprint density at radius 2 is 2.00 bits per heavy atom. The molecule has 1 aliphatic carbocycles. The molecule has 1 aliphatic rings. The van der Waals surface area contributed by atoms with E-state index in [1.165, 1.54) is 0 Å². The first-order valence-electron chi connectivity index (χ1n) is 6.28. The van der Waals surface area contributed by atoms with Gasteiger partial charge in [0.15, 0.2) is 0 Å². The van der Waals surface area contributed by atoms with Crippen LogP contribution in [0.2, 0.25) is 0 Å². The summed E-state index contributed by atoms with van der Waals surface area (Å²) in [6.45, 7) is 1.92. The van der Waals surface area contributed by atoms with Crippen LogP contribution in [0.5, 0.6) is 0 Å². The van der Waals surface area contributed by atoms with Crippen LogP contribution in [-0.4, -0.2) is 34.7 Å². The summed E-state index contributed by atoms with van der Waals surface area (Å²) in [5, 5.41) is 0. The topological polar surface area (TPSA) is 50.3 Å². The number of aryl methyl sites for hydroxylation is 1. The summed E-state index contributed by atoms with van der Waals surface area (Å²) in [7, 11) is 1.81. The molecule has 1 amide bonds. The molecule has 0 radical (unpaired) electrons. The number of aromatic nitrogens is 1. The molecule has 4 nitrogen and oxygen atoms in total. The first-order chi connectivity index (χ1) is 8.58. The van der Waals surface area contributed by atoms with Gasteiger partial charge in [0, 0.05) is 38.3 Å². The van der Waals surface area contributed by atoms with Gasteiger partial charge in [-0.1, -0.05) is 0 Å². The molecular formula is C14H18N2O2. The van der Waals surface area contributed by atoms with Crippen molar-refractivity contribution >= 4 is 11.7 Å². The largest absolute Gasteiger partial charge is 0.339 e. The van der Waals surface area contributed by atoms with Crippen LogP contribution >= 0.6 is 0 Å². The molecule has 4 heteroatoms. The fourth-order valence-corrected chi connectivity index (χ4v) is 2.35. The van der Waals surface area contributed by atoms with Crippen molar-refractivity contribution < 1.29 is 9.59 Å². The minimum atomic E-state index is -0.00875. The molecule has 0 N–H and O–H groups in total. The highest BCUT2D eigenvalue weighted by Gasteiger charge is 2.25. The quantitative estimate of drug-likeness (QED) is 0.801. The van der Waals surface area contributed by atoms with Gasteiger partial charge >= 0.3 is 0 Å². The molecule has 96 valence electrons. The summed E-state index contributed by atoms with van der Waals surface area (Å²) >= 11 is 0. The molecule has 0 bridgehead atoms. The van der Waals surface area contributed by atoms with Crippen molar-refractivity contribution in [2.45, 2.75) is 38.6 Å². The van der Waals surface area contributed by atoms with Crippen LogP contribution in [0.25, 0.3) is 0 Å². The zero-order chi connectivity index (χ0) is 13.1. The van der Waals surface area contributed by atoms with E-state index in [2.05, 4.69) is 4.98 Å². The van der Waals surface area contributed by atoms with Crippen molar-refractivity contribution in [3.05, 3.63) is 29.6 Å². The number of pyridine rings is 1. The van der Waals surface area contributed by atoms with Crippen LogP contribution in [0.3, 0.4) is 0 Å². The van der Waals surface area contributed by atoms with E-state index < -0.39 is 0 Å². The molecule has 0 atom stereocenters. The number of Topliss-reactive ketones (excluding diaryl/α,β-unsaturated/α-hetero) is 1. The van der Waals surface area contributed by atoms with E-state index >= 15 is 0 Å². The molecular weight excluding hydrogens is 228 g/mol. The summed E-state index contributed by atoms with van der Waals surface area (Å²) < 4.78 is 0. The number of nitrogens with zero attached hydrogens (tertiary/aromatic N) is 2. The van der Waals surface area contributed by atoms with E-state index in [4.69, 9.17) is 0 Å². The second kappa shape index (κ2) is 5.29. The van der Waals surface area contributed by atoms with E-state index in [9.17, 15) is 9.59 Å². The zero-order valence-electron chi connectivity index (χ0n) is 10.8. The molecule has 0 spiro atoms. The fraction of sp³-hybridized carbons (Fsp3) is 0.500. The van der Waals surface area contributed by atoms with Crippen LogP contribution < -0.4 is 0 Å². The van der Waals surface area contributed by atoms with Crippen molar-refractivity contribution in [2.75, 3.05) is 7.05 Å². The number of carbonyl (C=O) groups excluding carboxylic acids is 2. The molecule has 0 aromatic carbocycles. The SMILES string of the molecule is Cc1cncc(C(=O)N(C)C2CCC(=O)CC2)c1. The standard InChI is InChI=1S/C14H18N2O2/c1-10-7-11(9-15-8-10)14(18)16(2)12-3-5-13(17)6-4-12/h7-9,12H,3-6H2,1-2H3. The summed E-state index contributed by atoms with van der Waals surface area (Å²) in [5.74, 6) is 0.301. The summed E-state index contributed by atoms with van der Waals surface area (Å²) in [5.41, 5.74) is 1.60. The van der Waals surface area contributed by atoms with Crippen LogP contribution in [-0.2, 0) is 4.79 Å². The molecule has 0 unspecified atom stereocenters. The van der Waals surface area contributed by atoms with Gasteiger partial charge in [-0.15, -0.1) is 0 Å². The monoisotopic (exact) mass is 246 g/mol. The normalized spacial score (nSPS) is 16.7. The lowest BCUT2D eigenvalue weighted by Gasteiger charge is -2.30. The average Bonchev–Trinajstić information content (AvgIpc) is 2.38. The summed E-state index contributed by atoms with van der Waals surface area (Å²) in [6, 6.07) is 2.02. The lowest BCUT2D eigenvalue weighted by molar-refractivity contribution is -0.121. The maximum absolute atomic E-state index is 12.3. The van der Waals surface area contributed by atoms with Crippen LogP contribution in [0.1, 0.15) is 41.6 Å². The molecule has 1 fully saturated rings. The minimum absolute atomic E-state index is 0.00875. The second-order valence-corrected chi connectivity index (χ2v) is 4.94. The zero-order valence-corrected chi connectivity index (χ0v) is 10.8. The maximum atomic E-state index is 12.3. The van der Waals surface area contributed by atoms with E-state index in [0.29, 0.717) is 24.2 Å². The highest BCUT2D eigenvalue weighted by atomic mass is 16.2. The van der Waals surface area contributed by atoms with E-state index in [-0.39, 0.29) is 11.9 Å². The van der Waals surface area contributed by atoms with Gasteiger partial charge in [0.1, 0.15) is 5.78 Å². The molecule has 0 aliphatic heterocycles. The first kappa shape index (κ1) is 12.7. The van der Waals surface area contributed by atoms with Gasteiger partial charge in [-0.05, 0) is 31.4 Å². The van der Waals surface area contributed by atoms with Crippen LogP contribution in [0, 0.1) is 6.92 Å². The van der Waals surface area contributed by atoms with Gasteiger partial charge in [0.2, 0.25) is 0 Å². The highest BCUT2D eigenvalue weighted by molar-refractivity contribution is 5.94. The van der Waals surface area contributed by atoms with E-state index in [1.54, 1.807) is 17.3 Å². The summed E-state index contributed by atoms with van der Waals surface area (Å²) in [4.78, 5) is 29.3. The molecule has 1 aromatic heterocycles. The Bertz CT molecular complexity index is 461. The molecule has 1 aromatic rings. The lowest BCUT2D eigenvalue weighted by Crippen LogP contribution is -2.39. The highest BCUT2D eigenvalue weighted by Crippen LogP contribution is 2.21. The summed E-state index contributed by atoms with van der Waals surface area (Å²) in [6.07, 6.45) is 6.07. The Hall–Kier alpha value is -1.71. The Kier molecular flexibility index (Phi) is 3.75. The number of carbonyl (C=O) groups is 2. The Labute approximate surface area is 107 Å². The number of rotatable bonds is 2. The van der Waals surface area contributed by atoms with Crippen molar-refractivity contribution in [3.63, 3.8) is 0 Å². The number of ketones is 1. The average molecular weight is 246 g/mol. The third-order valence-corrected chi connectivity index (χ3v) is 3.50. The Balaban J connectivity index is 2.07. The predicted molar refractivity (Wildman–Crippen MR) is 68.3 cm³/mol. The Morgan fingerprint density at radius 1 is 1.33 bits per heavy atom. The van der Waals surface area contributed by atoms with Gasteiger partial charge in [-0.2, -0.15) is 0 Å². The van der Waals surface area contributed by atoms with Crippen molar-refractivity contribution in [1.29, 1.82) is 0 Å². The van der Waals surface area contributed by atoms with Gasteiger partial charge in [-0.25, -0.2) is 0 Å². The lowest BCUT2D eigenvalue weighted by atomic mass is 9.93. The smallest absolute Gasteiger partial charge is 0.255 e. The molecule has 18 heavy (non-hydrogen) atoms. The van der Waals surface area contributed by atoms with Gasteiger partial charge in [0.25, 0.3) is 5.91 Å². The first-order valence-corrected chi connectivity index (χ1v) is 6.28. The molecule has 2 rings (SSSR count). The predicted octanol–water partition coefficient (Wildman–Crippen LogP) is 1.97. The number of hydrogen-bond donors (Lipinski definition) is 0. The van der Waals surface area contributed by atoms with Crippen LogP contribution in [0.4, 0.5) is 0 Å². The third-order valence-electron chi connectivity index (χ3n) is 3.50. The minimum Gasteiger partial charge on any atom is -0.339 e. The van der Waals surface area contributed by atoms with Crippen molar-refractivity contribution in [3.8, 4) is 0 Å². The van der Waals surface area contributed by atoms with Crippen molar-refractivity contribution in [2.24, 2.45) is 0 Å². The number of hydrogen-bond acceptors (Lipinski definition) is 3. The Morgan fingerprint density at radius 3 is 2.61 bits per heavy atom. The van der Waals surface area contributed by atoms with Crippen molar-refractivity contribution in [1.82, 2.24) is 9.88 Å².